The largest absolute Gasteiger partial charge is 0.490 e. The molecule has 0 saturated heterocycles. The number of nitrogens with zero attached hydrogens (tertiary/aromatic N) is 2. The van der Waals surface area contributed by atoms with Gasteiger partial charge in [-0.2, -0.15) is 0 Å². The van der Waals surface area contributed by atoms with E-state index in [2.05, 4.69) is 15.5 Å². The highest BCUT2D eigenvalue weighted by Crippen LogP contribution is 2.42. The van der Waals surface area contributed by atoms with E-state index >= 15 is 0 Å². The molecular weight excluding hydrogens is 442 g/mol. The van der Waals surface area contributed by atoms with Crippen LogP contribution in [0.15, 0.2) is 46.0 Å². The molecule has 0 spiro atoms. The summed E-state index contributed by atoms with van der Waals surface area (Å²) in [7, 11) is 0. The second-order valence-corrected chi connectivity index (χ2v) is 8.38. The Morgan fingerprint density at radius 2 is 1.61 bits per heavy atom. The highest BCUT2D eigenvalue weighted by atomic mass is 32.2. The number of nitrogens with one attached hydrogen (secondary N) is 1. The summed E-state index contributed by atoms with van der Waals surface area (Å²) in [4.78, 5) is 12.5. The van der Waals surface area contributed by atoms with Crippen LogP contribution in [0.1, 0.15) is 33.3 Å². The first-order valence-corrected chi connectivity index (χ1v) is 11.8. The van der Waals surface area contributed by atoms with Crippen LogP contribution < -0.4 is 19.5 Å². The van der Waals surface area contributed by atoms with Gasteiger partial charge in [-0.1, -0.05) is 29.5 Å². The number of carbonyl (C=O) groups excluding carboxylic acids is 1. The highest BCUT2D eigenvalue weighted by molar-refractivity contribution is 8.00. The number of amides is 1. The van der Waals surface area contributed by atoms with E-state index in [1.54, 1.807) is 19.1 Å². The summed E-state index contributed by atoms with van der Waals surface area (Å²) < 4.78 is 23.1. The molecular formula is C24H29N3O5S. The van der Waals surface area contributed by atoms with Crippen molar-refractivity contribution in [1.29, 1.82) is 0 Å². The maximum atomic E-state index is 12.5. The maximum absolute atomic E-state index is 12.5. The van der Waals surface area contributed by atoms with Gasteiger partial charge in [0.15, 0.2) is 11.5 Å². The summed E-state index contributed by atoms with van der Waals surface area (Å²) in [5, 5.41) is 11.0. The first-order valence-electron chi connectivity index (χ1n) is 10.9. The van der Waals surface area contributed by atoms with Gasteiger partial charge in [-0.25, -0.2) is 0 Å². The number of aryl methyl sites for hydroxylation is 1. The highest BCUT2D eigenvalue weighted by Gasteiger charge is 2.21. The van der Waals surface area contributed by atoms with Crippen molar-refractivity contribution in [3.8, 4) is 28.7 Å². The fourth-order valence-electron chi connectivity index (χ4n) is 2.97. The van der Waals surface area contributed by atoms with Gasteiger partial charge in [-0.05, 0) is 58.9 Å². The van der Waals surface area contributed by atoms with Gasteiger partial charge < -0.3 is 23.9 Å². The van der Waals surface area contributed by atoms with E-state index in [9.17, 15) is 4.79 Å². The molecule has 8 nitrogen and oxygen atoms in total. The van der Waals surface area contributed by atoms with Crippen molar-refractivity contribution in [1.82, 2.24) is 10.2 Å². The second-order valence-electron chi connectivity index (χ2n) is 7.09. The third-order valence-corrected chi connectivity index (χ3v) is 5.46. The molecule has 1 atom stereocenters. The number of ether oxygens (including phenoxy) is 3. The van der Waals surface area contributed by atoms with E-state index in [-0.39, 0.29) is 5.91 Å². The molecule has 33 heavy (non-hydrogen) atoms. The fraction of sp³-hybridized carbons (Fsp3) is 0.375. The number of hydrogen-bond donors (Lipinski definition) is 1. The Hall–Kier alpha value is -3.20. The molecule has 1 aromatic heterocycles. The minimum absolute atomic E-state index is 0.151. The van der Waals surface area contributed by atoms with E-state index in [1.165, 1.54) is 11.8 Å². The summed E-state index contributed by atoms with van der Waals surface area (Å²) in [6.07, 6.45) is 0. The van der Waals surface area contributed by atoms with E-state index in [0.29, 0.717) is 53.7 Å². The van der Waals surface area contributed by atoms with Gasteiger partial charge in [-0.15, -0.1) is 10.2 Å². The van der Waals surface area contributed by atoms with Gasteiger partial charge in [0.1, 0.15) is 0 Å². The molecule has 0 fully saturated rings. The van der Waals surface area contributed by atoms with Crippen molar-refractivity contribution in [3.05, 3.63) is 42.0 Å². The van der Waals surface area contributed by atoms with Gasteiger partial charge >= 0.3 is 0 Å². The SMILES string of the molecule is CCOc1cc(-c2nnc(SC(C)C(=O)Nc3ccc(C)cc3)o2)cc(OCC)c1OCC. The molecule has 1 heterocycles. The molecule has 176 valence electrons. The summed E-state index contributed by atoms with van der Waals surface area (Å²) >= 11 is 1.19. The molecule has 9 heteroatoms. The number of benzene rings is 2. The zero-order valence-electron chi connectivity index (χ0n) is 19.5. The zero-order chi connectivity index (χ0) is 23.8. The minimum Gasteiger partial charge on any atom is -0.490 e. The lowest BCUT2D eigenvalue weighted by Crippen LogP contribution is -2.22. The molecule has 3 aromatic rings. The summed E-state index contributed by atoms with van der Waals surface area (Å²) in [6.45, 7) is 10.9. The Labute approximate surface area is 198 Å². The van der Waals surface area contributed by atoms with Gasteiger partial charge in [0.25, 0.3) is 5.22 Å². The van der Waals surface area contributed by atoms with Crippen LogP contribution in [0, 0.1) is 6.92 Å². The van der Waals surface area contributed by atoms with Crippen LogP contribution in [0.25, 0.3) is 11.5 Å². The Morgan fingerprint density at radius 1 is 1.00 bits per heavy atom. The second kappa shape index (κ2) is 11.6. The first kappa shape index (κ1) is 24.4. The Morgan fingerprint density at radius 3 is 2.18 bits per heavy atom. The van der Waals surface area contributed by atoms with Crippen LogP contribution in [0.4, 0.5) is 5.69 Å². The number of carbonyl (C=O) groups is 1. The monoisotopic (exact) mass is 471 g/mol. The molecule has 0 saturated carbocycles. The lowest BCUT2D eigenvalue weighted by atomic mass is 10.2. The molecule has 1 amide bonds. The van der Waals surface area contributed by atoms with Gasteiger partial charge in [0.2, 0.25) is 17.5 Å². The standard InChI is InChI=1S/C24H29N3O5S/c1-6-29-19-13-17(14-20(30-7-2)21(19)31-8-3)23-26-27-24(32-23)33-16(5)22(28)25-18-11-9-15(4)10-12-18/h9-14,16H,6-8H2,1-5H3,(H,25,28). The summed E-state index contributed by atoms with van der Waals surface area (Å²) in [5.41, 5.74) is 2.51. The number of hydrogen-bond acceptors (Lipinski definition) is 8. The molecule has 0 aliphatic carbocycles. The van der Waals surface area contributed by atoms with Crippen LogP contribution in [0.3, 0.4) is 0 Å². The van der Waals surface area contributed by atoms with Crippen molar-refractivity contribution in [2.45, 2.75) is 45.1 Å². The average Bonchev–Trinajstić information content (AvgIpc) is 3.26. The molecule has 0 aliphatic rings. The number of aromatic nitrogens is 2. The van der Waals surface area contributed by atoms with Crippen molar-refractivity contribution < 1.29 is 23.4 Å². The van der Waals surface area contributed by atoms with Crippen molar-refractivity contribution in [2.75, 3.05) is 25.1 Å². The minimum atomic E-state index is -0.432. The smallest absolute Gasteiger partial charge is 0.277 e. The van der Waals surface area contributed by atoms with Crippen molar-refractivity contribution in [2.24, 2.45) is 0 Å². The van der Waals surface area contributed by atoms with Crippen LogP contribution >= 0.6 is 11.8 Å². The van der Waals surface area contributed by atoms with Gasteiger partial charge in [-0.3, -0.25) is 4.79 Å². The Kier molecular flexibility index (Phi) is 8.59. The predicted octanol–water partition coefficient (Wildman–Crippen LogP) is 5.36. The normalized spacial score (nSPS) is 11.7. The number of thioether (sulfide) groups is 1. The van der Waals surface area contributed by atoms with E-state index in [0.717, 1.165) is 11.3 Å². The molecule has 3 rings (SSSR count). The average molecular weight is 472 g/mol. The molecule has 0 radical (unpaired) electrons. The molecule has 0 aliphatic heterocycles. The molecule has 2 aromatic carbocycles. The van der Waals surface area contributed by atoms with Gasteiger partial charge in [0.05, 0.1) is 25.1 Å². The lowest BCUT2D eigenvalue weighted by Gasteiger charge is -2.16. The quantitative estimate of drug-likeness (QED) is 0.373. The maximum Gasteiger partial charge on any atom is 0.277 e. The lowest BCUT2D eigenvalue weighted by molar-refractivity contribution is -0.115. The van der Waals surface area contributed by atoms with Crippen LogP contribution in [0.5, 0.6) is 17.2 Å². The van der Waals surface area contributed by atoms with Crippen molar-refractivity contribution >= 4 is 23.4 Å². The van der Waals surface area contributed by atoms with E-state index in [1.807, 2.05) is 52.0 Å². The van der Waals surface area contributed by atoms with E-state index < -0.39 is 5.25 Å². The molecule has 1 N–H and O–H groups in total. The van der Waals surface area contributed by atoms with Crippen LogP contribution in [0.2, 0.25) is 0 Å². The van der Waals surface area contributed by atoms with Crippen LogP contribution in [-0.4, -0.2) is 41.2 Å². The molecule has 1 unspecified atom stereocenters. The third kappa shape index (κ3) is 6.41. The zero-order valence-corrected chi connectivity index (χ0v) is 20.3. The first-order chi connectivity index (χ1) is 15.9. The van der Waals surface area contributed by atoms with Crippen LogP contribution in [-0.2, 0) is 4.79 Å². The Balaban J connectivity index is 1.77. The fourth-order valence-corrected chi connectivity index (χ4v) is 3.66. The Bertz CT molecular complexity index is 1040. The third-order valence-electron chi connectivity index (χ3n) is 4.53. The molecule has 0 bridgehead atoms. The predicted molar refractivity (Wildman–Crippen MR) is 128 cm³/mol. The topological polar surface area (TPSA) is 95.7 Å². The number of rotatable bonds is 11. The van der Waals surface area contributed by atoms with E-state index in [4.69, 9.17) is 18.6 Å². The number of anilines is 1. The van der Waals surface area contributed by atoms with Crippen molar-refractivity contribution in [3.63, 3.8) is 0 Å². The van der Waals surface area contributed by atoms with Gasteiger partial charge in [0, 0.05) is 11.3 Å². The summed E-state index contributed by atoms with van der Waals surface area (Å²) in [5.74, 6) is 1.77. The summed E-state index contributed by atoms with van der Waals surface area (Å²) in [6, 6.07) is 11.2.